The SMILES string of the molecule is C=c1sc2ccccc2/c1=C(\c1ccc2c(c1)sc1ccccc12)N(C)Cl.P. The smallest absolute Gasteiger partial charge is 0.0685 e. The molecule has 0 radical (unpaired) electrons. The van der Waals surface area contributed by atoms with Gasteiger partial charge in [-0.15, -0.1) is 22.7 Å². The summed E-state index contributed by atoms with van der Waals surface area (Å²) in [7, 11) is 1.89. The zero-order valence-electron chi connectivity index (χ0n) is 15.4. The van der Waals surface area contributed by atoms with Crippen molar-refractivity contribution in [2.24, 2.45) is 0 Å². The molecule has 0 aliphatic heterocycles. The van der Waals surface area contributed by atoms with Crippen LogP contribution in [0.5, 0.6) is 0 Å². The zero-order chi connectivity index (χ0) is 18.5. The molecular weight excluding hydrogens is 421 g/mol. The minimum Gasteiger partial charge on any atom is -0.287 e. The molecule has 1 atom stereocenters. The van der Waals surface area contributed by atoms with E-state index in [-0.39, 0.29) is 9.90 Å². The van der Waals surface area contributed by atoms with Crippen molar-refractivity contribution in [2.45, 2.75) is 0 Å². The second-order valence-corrected chi connectivity index (χ2v) is 9.26. The first-order valence-corrected chi connectivity index (χ1v) is 10.6. The third-order valence-electron chi connectivity index (χ3n) is 4.87. The molecule has 1 unspecified atom stereocenters. The summed E-state index contributed by atoms with van der Waals surface area (Å²) < 4.78 is 6.54. The van der Waals surface area contributed by atoms with Crippen LogP contribution in [0.2, 0.25) is 0 Å². The molecule has 0 spiro atoms. The molecule has 28 heavy (non-hydrogen) atoms. The quantitative estimate of drug-likeness (QED) is 0.241. The van der Waals surface area contributed by atoms with Gasteiger partial charge in [0.15, 0.2) is 0 Å². The lowest BCUT2D eigenvalue weighted by Crippen LogP contribution is -2.26. The Morgan fingerprint density at radius 1 is 0.821 bits per heavy atom. The van der Waals surface area contributed by atoms with Crippen LogP contribution in [0, 0.1) is 0 Å². The standard InChI is InChI=1S/C23H16ClNS2.H3P/c1-14-22(18-8-4-6-10-20(18)26-14)23(25(2)24)15-11-12-17-16-7-3-5-9-19(16)27-21(17)13-15;/h3-13H,1H2,2H3;1H3/b23-22+;. The maximum atomic E-state index is 6.55. The third-order valence-corrected chi connectivity index (χ3v) is 7.19. The lowest BCUT2D eigenvalue weighted by atomic mass is 10.1. The Hall–Kier alpha value is -1.90. The Bertz CT molecular complexity index is 1430. The number of fused-ring (bicyclic) bond motifs is 4. The minimum atomic E-state index is 0. The first-order valence-electron chi connectivity index (χ1n) is 8.65. The van der Waals surface area contributed by atoms with Crippen LogP contribution in [0.3, 0.4) is 0 Å². The largest absolute Gasteiger partial charge is 0.287 e. The Labute approximate surface area is 179 Å². The van der Waals surface area contributed by atoms with E-state index in [4.69, 9.17) is 11.8 Å². The summed E-state index contributed by atoms with van der Waals surface area (Å²) in [6.45, 7) is 4.30. The topological polar surface area (TPSA) is 3.24 Å². The number of nitrogens with zero attached hydrogens (tertiary/aromatic N) is 1. The van der Waals surface area contributed by atoms with Crippen LogP contribution in [0.15, 0.2) is 66.7 Å². The highest BCUT2D eigenvalue weighted by atomic mass is 35.5. The fourth-order valence-electron chi connectivity index (χ4n) is 3.71. The molecule has 0 aliphatic rings. The number of halogens is 1. The van der Waals surface area contributed by atoms with E-state index in [1.807, 2.05) is 18.4 Å². The normalized spacial score (nSPS) is 12.4. The fraction of sp³-hybridized carbons (Fsp3) is 0.0435. The molecule has 0 N–H and O–H groups in total. The van der Waals surface area contributed by atoms with Crippen molar-refractivity contribution in [2.75, 3.05) is 7.05 Å². The average molecular weight is 440 g/mol. The van der Waals surface area contributed by atoms with Crippen molar-refractivity contribution in [1.29, 1.82) is 0 Å². The molecule has 0 aliphatic carbocycles. The zero-order valence-corrected chi connectivity index (χ0v) is 19.2. The molecule has 5 rings (SSSR count). The molecule has 140 valence electrons. The molecule has 3 aromatic carbocycles. The molecule has 5 heteroatoms. The Kier molecular flexibility index (Phi) is 5.20. The fourth-order valence-corrected chi connectivity index (χ4v) is 6.03. The number of thiophene rings is 2. The van der Waals surface area contributed by atoms with Crippen LogP contribution >= 0.6 is 44.3 Å². The number of benzene rings is 3. The summed E-state index contributed by atoms with van der Waals surface area (Å²) in [5.41, 5.74) is 2.11. The molecule has 0 fully saturated rings. The van der Waals surface area contributed by atoms with Gasteiger partial charge >= 0.3 is 0 Å². The lowest BCUT2D eigenvalue weighted by molar-refractivity contribution is 0.778. The van der Waals surface area contributed by atoms with Crippen molar-refractivity contribution >= 4 is 86.9 Å². The van der Waals surface area contributed by atoms with Gasteiger partial charge in [0, 0.05) is 64.4 Å². The van der Waals surface area contributed by atoms with E-state index in [0.29, 0.717) is 0 Å². The van der Waals surface area contributed by atoms with Gasteiger partial charge in [-0.05, 0) is 18.2 Å². The molecule has 0 bridgehead atoms. The predicted molar refractivity (Wildman–Crippen MR) is 133 cm³/mol. The van der Waals surface area contributed by atoms with Crippen LogP contribution in [-0.4, -0.2) is 11.5 Å². The van der Waals surface area contributed by atoms with Gasteiger partial charge in [0.1, 0.15) is 0 Å². The van der Waals surface area contributed by atoms with Crippen molar-refractivity contribution in [1.82, 2.24) is 4.42 Å². The lowest BCUT2D eigenvalue weighted by Gasteiger charge is -2.15. The van der Waals surface area contributed by atoms with E-state index in [1.165, 1.54) is 30.3 Å². The molecule has 2 heterocycles. The maximum Gasteiger partial charge on any atom is 0.0685 e. The van der Waals surface area contributed by atoms with Gasteiger partial charge < -0.3 is 0 Å². The van der Waals surface area contributed by atoms with Gasteiger partial charge in [0.05, 0.1) is 5.70 Å². The number of hydrogen-bond acceptors (Lipinski definition) is 3. The molecule has 0 saturated heterocycles. The first-order chi connectivity index (χ1) is 13.1. The highest BCUT2D eigenvalue weighted by Crippen LogP contribution is 2.35. The Morgan fingerprint density at radius 3 is 2.14 bits per heavy atom. The molecule has 0 amide bonds. The summed E-state index contributed by atoms with van der Waals surface area (Å²) in [6, 6.07) is 23.6. The summed E-state index contributed by atoms with van der Waals surface area (Å²) in [5.74, 6) is 0. The monoisotopic (exact) mass is 439 g/mol. The Morgan fingerprint density at radius 2 is 1.43 bits per heavy atom. The number of hydrogen-bond donors (Lipinski definition) is 0. The summed E-state index contributed by atoms with van der Waals surface area (Å²) >= 11 is 10.1. The second kappa shape index (κ2) is 7.50. The van der Waals surface area contributed by atoms with Crippen molar-refractivity contribution < 1.29 is 0 Å². The van der Waals surface area contributed by atoms with E-state index in [1.54, 1.807) is 15.8 Å². The van der Waals surface area contributed by atoms with Crippen molar-refractivity contribution in [3.8, 4) is 0 Å². The second-order valence-electron chi connectivity index (χ2n) is 6.53. The first kappa shape index (κ1) is 19.4. The van der Waals surface area contributed by atoms with Crippen LogP contribution in [0.4, 0.5) is 0 Å². The van der Waals surface area contributed by atoms with E-state index in [9.17, 15) is 0 Å². The molecule has 2 aromatic heterocycles. The Balaban J connectivity index is 0.00000192. The van der Waals surface area contributed by atoms with E-state index < -0.39 is 0 Å². The summed E-state index contributed by atoms with van der Waals surface area (Å²) in [6.07, 6.45) is 0. The van der Waals surface area contributed by atoms with Gasteiger partial charge in [0.2, 0.25) is 0 Å². The van der Waals surface area contributed by atoms with Crippen LogP contribution in [-0.2, 0) is 0 Å². The van der Waals surface area contributed by atoms with Gasteiger partial charge in [-0.2, -0.15) is 9.90 Å². The van der Waals surface area contributed by atoms with Gasteiger partial charge in [-0.1, -0.05) is 55.1 Å². The van der Waals surface area contributed by atoms with E-state index in [2.05, 4.69) is 73.3 Å². The third kappa shape index (κ3) is 3.03. The summed E-state index contributed by atoms with van der Waals surface area (Å²) in [4.78, 5) is 0. The number of rotatable bonds is 2. The molecule has 0 saturated carbocycles. The van der Waals surface area contributed by atoms with Crippen LogP contribution < -0.4 is 9.75 Å². The maximum absolute atomic E-state index is 6.55. The summed E-state index contributed by atoms with van der Waals surface area (Å²) in [5, 5.41) is 4.92. The van der Waals surface area contributed by atoms with Crippen LogP contribution in [0.25, 0.3) is 42.5 Å². The van der Waals surface area contributed by atoms with Crippen molar-refractivity contribution in [3.05, 3.63) is 82.0 Å². The molecule has 1 nitrogen and oxygen atoms in total. The highest BCUT2D eigenvalue weighted by molar-refractivity contribution is 7.25. The highest BCUT2D eigenvalue weighted by Gasteiger charge is 2.13. The average Bonchev–Trinajstić information content (AvgIpc) is 3.19. The molecule has 5 aromatic rings. The van der Waals surface area contributed by atoms with E-state index in [0.717, 1.165) is 21.0 Å². The van der Waals surface area contributed by atoms with E-state index >= 15 is 0 Å². The predicted octanol–water partition coefficient (Wildman–Crippen LogP) is 5.98. The van der Waals surface area contributed by atoms with Crippen LogP contribution in [0.1, 0.15) is 5.56 Å². The van der Waals surface area contributed by atoms with Crippen molar-refractivity contribution in [3.63, 3.8) is 0 Å². The van der Waals surface area contributed by atoms with Gasteiger partial charge in [0.25, 0.3) is 0 Å². The van der Waals surface area contributed by atoms with Gasteiger partial charge in [-0.25, -0.2) is 0 Å². The van der Waals surface area contributed by atoms with Gasteiger partial charge in [-0.3, -0.25) is 4.42 Å². The minimum absolute atomic E-state index is 0. The molecular formula is C23H19ClNPS2.